The van der Waals surface area contributed by atoms with Crippen LogP contribution in [-0.2, 0) is 4.79 Å². The molecule has 28 heavy (non-hydrogen) atoms. The Bertz CT molecular complexity index is 744. The molecule has 0 radical (unpaired) electrons. The van der Waals surface area contributed by atoms with E-state index in [2.05, 4.69) is 15.9 Å². The number of carbonyl (C=O) groups is 2. The highest BCUT2D eigenvalue weighted by molar-refractivity contribution is 5.94. The fraction of sp³-hybridized carbons (Fsp3) is 0.565. The Hall–Kier alpha value is -2.14. The second-order valence-corrected chi connectivity index (χ2v) is 8.45. The zero-order chi connectivity index (χ0) is 19.5. The van der Waals surface area contributed by atoms with Crippen molar-refractivity contribution in [3.63, 3.8) is 0 Å². The minimum absolute atomic E-state index is 0.104. The van der Waals surface area contributed by atoms with Crippen LogP contribution in [0, 0.1) is 0 Å². The molecule has 1 aliphatic heterocycles. The summed E-state index contributed by atoms with van der Waals surface area (Å²) in [6.07, 6.45) is 9.32. The average Bonchev–Trinajstić information content (AvgIpc) is 3.55. The van der Waals surface area contributed by atoms with Crippen LogP contribution in [0.4, 0.5) is 5.69 Å². The molecule has 4 rings (SSSR count). The predicted octanol–water partition coefficient (Wildman–Crippen LogP) is 2.04. The number of nitrogens with one attached hydrogen (secondary N) is 1. The van der Waals surface area contributed by atoms with Gasteiger partial charge in [0.05, 0.1) is 26.2 Å². The lowest BCUT2D eigenvalue weighted by Gasteiger charge is -2.35. The van der Waals surface area contributed by atoms with Crippen molar-refractivity contribution in [1.29, 1.82) is 0 Å². The second kappa shape index (κ2) is 8.48. The van der Waals surface area contributed by atoms with Gasteiger partial charge in [0.1, 0.15) is 0 Å². The molecule has 1 saturated carbocycles. The molecule has 2 fully saturated rings. The fourth-order valence-corrected chi connectivity index (χ4v) is 4.43. The van der Waals surface area contributed by atoms with Crippen molar-refractivity contribution in [2.24, 2.45) is 0 Å². The van der Waals surface area contributed by atoms with Gasteiger partial charge in [0.2, 0.25) is 0 Å². The quantitative estimate of drug-likeness (QED) is 0.766. The van der Waals surface area contributed by atoms with Crippen molar-refractivity contribution in [3.8, 4) is 0 Å². The van der Waals surface area contributed by atoms with Crippen LogP contribution in [0.1, 0.15) is 55.8 Å². The van der Waals surface area contributed by atoms with Crippen molar-refractivity contribution in [2.45, 2.75) is 51.5 Å². The first-order valence-electron chi connectivity index (χ1n) is 10.8. The van der Waals surface area contributed by atoms with Crippen LogP contribution >= 0.6 is 0 Å². The van der Waals surface area contributed by atoms with Crippen molar-refractivity contribution < 1.29 is 14.5 Å². The molecule has 1 heterocycles. The normalized spacial score (nSPS) is 20.6. The fourth-order valence-electron chi connectivity index (χ4n) is 4.43. The number of piperazine rings is 1. The molecular formula is C23H32N3O2+. The monoisotopic (exact) mass is 382 g/mol. The first-order chi connectivity index (χ1) is 13.6. The number of Topliss-reactive ketones (excluding diaryl/α,β-unsaturated/α-hetero) is 1. The van der Waals surface area contributed by atoms with E-state index in [1.807, 2.05) is 24.3 Å². The number of carbonyl (C=O) groups excluding carboxylic acids is 2. The summed E-state index contributed by atoms with van der Waals surface area (Å²) in [6.45, 7) is 6.09. The Morgan fingerprint density at radius 2 is 1.82 bits per heavy atom. The van der Waals surface area contributed by atoms with E-state index < -0.39 is 0 Å². The Balaban J connectivity index is 1.31. The smallest absolute Gasteiger partial charge is 0.282 e. The molecule has 1 aromatic carbocycles. The largest absolute Gasteiger partial charge is 0.360 e. The molecule has 0 aromatic heterocycles. The van der Waals surface area contributed by atoms with Gasteiger partial charge in [0, 0.05) is 23.0 Å². The summed E-state index contributed by atoms with van der Waals surface area (Å²) in [7, 11) is 0. The third kappa shape index (κ3) is 4.46. The minimum Gasteiger partial charge on any atom is -0.360 e. The number of allylic oxidation sites excluding steroid dienone is 2. The number of ketones is 1. The van der Waals surface area contributed by atoms with Gasteiger partial charge in [-0.15, -0.1) is 0 Å². The van der Waals surface area contributed by atoms with E-state index in [1.165, 1.54) is 42.0 Å². The van der Waals surface area contributed by atoms with Crippen LogP contribution in [0.3, 0.4) is 0 Å². The molecule has 1 aromatic rings. The van der Waals surface area contributed by atoms with Gasteiger partial charge in [-0.3, -0.25) is 9.59 Å². The first-order valence-corrected chi connectivity index (χ1v) is 10.8. The number of benzene rings is 1. The number of hydrogen-bond acceptors (Lipinski definition) is 3. The van der Waals surface area contributed by atoms with E-state index in [0.717, 1.165) is 44.6 Å². The molecule has 0 bridgehead atoms. The molecule has 150 valence electrons. The highest BCUT2D eigenvalue weighted by atomic mass is 16.2. The maximum atomic E-state index is 13.1. The average molecular weight is 383 g/mol. The van der Waals surface area contributed by atoms with Gasteiger partial charge in [0.25, 0.3) is 5.91 Å². The van der Waals surface area contributed by atoms with Gasteiger partial charge in [-0.25, -0.2) is 0 Å². The maximum absolute atomic E-state index is 13.1. The molecule has 0 spiro atoms. The standard InChI is InChI=1S/C23H31N3O2/c1-18(27)19-7-9-20(10-8-19)25-15-13-24(14-16-25)17-23(28)26(22-11-12-22)21-5-3-2-4-6-21/h5,7-10,22H,2-4,6,11-17H2,1H3/p+1. The summed E-state index contributed by atoms with van der Waals surface area (Å²) < 4.78 is 0. The third-order valence-electron chi connectivity index (χ3n) is 6.27. The van der Waals surface area contributed by atoms with E-state index >= 15 is 0 Å². The summed E-state index contributed by atoms with van der Waals surface area (Å²) in [6, 6.07) is 8.36. The van der Waals surface area contributed by atoms with Gasteiger partial charge in [0.15, 0.2) is 12.3 Å². The van der Waals surface area contributed by atoms with E-state index in [9.17, 15) is 9.59 Å². The Morgan fingerprint density at radius 1 is 1.11 bits per heavy atom. The molecule has 0 atom stereocenters. The summed E-state index contributed by atoms with van der Waals surface area (Å²) in [4.78, 5) is 30.4. The molecule has 3 aliphatic rings. The van der Waals surface area contributed by atoms with Crippen LogP contribution < -0.4 is 9.80 Å². The molecule has 5 heteroatoms. The Kier molecular flexibility index (Phi) is 5.81. The zero-order valence-corrected chi connectivity index (χ0v) is 17.0. The van der Waals surface area contributed by atoms with Gasteiger partial charge >= 0.3 is 0 Å². The number of rotatable bonds is 6. The van der Waals surface area contributed by atoms with E-state index in [1.54, 1.807) is 6.92 Å². The molecule has 2 aliphatic carbocycles. The molecule has 1 N–H and O–H groups in total. The number of nitrogens with zero attached hydrogens (tertiary/aromatic N) is 2. The molecule has 1 saturated heterocycles. The lowest BCUT2D eigenvalue weighted by atomic mass is 10.0. The van der Waals surface area contributed by atoms with Crippen LogP contribution in [0.15, 0.2) is 36.0 Å². The number of hydrogen-bond donors (Lipinski definition) is 1. The summed E-state index contributed by atoms with van der Waals surface area (Å²) in [5.74, 6) is 0.428. The zero-order valence-electron chi connectivity index (χ0n) is 17.0. The van der Waals surface area contributed by atoms with Crippen LogP contribution in [0.2, 0.25) is 0 Å². The van der Waals surface area contributed by atoms with E-state index in [-0.39, 0.29) is 5.78 Å². The van der Waals surface area contributed by atoms with Crippen LogP contribution in [0.25, 0.3) is 0 Å². The van der Waals surface area contributed by atoms with Crippen molar-refractivity contribution in [1.82, 2.24) is 4.90 Å². The SMILES string of the molecule is CC(=O)c1ccc(N2CC[NH+](CC(=O)N(C3=CCCCC3)C3CC3)CC2)cc1. The lowest BCUT2D eigenvalue weighted by Crippen LogP contribution is -3.15. The van der Waals surface area contributed by atoms with Gasteiger partial charge in [-0.2, -0.15) is 0 Å². The molecule has 5 nitrogen and oxygen atoms in total. The first kappa shape index (κ1) is 19.2. The summed E-state index contributed by atoms with van der Waals surface area (Å²) >= 11 is 0. The highest BCUT2D eigenvalue weighted by Gasteiger charge is 2.36. The van der Waals surface area contributed by atoms with E-state index in [4.69, 9.17) is 0 Å². The summed E-state index contributed by atoms with van der Waals surface area (Å²) in [5, 5.41) is 0. The van der Waals surface area contributed by atoms with Crippen molar-refractivity contribution in [2.75, 3.05) is 37.6 Å². The third-order valence-corrected chi connectivity index (χ3v) is 6.27. The van der Waals surface area contributed by atoms with E-state index in [0.29, 0.717) is 18.5 Å². The van der Waals surface area contributed by atoms with Crippen molar-refractivity contribution >= 4 is 17.4 Å². The second-order valence-electron chi connectivity index (χ2n) is 8.45. The molecular weight excluding hydrogens is 350 g/mol. The van der Waals surface area contributed by atoms with Crippen LogP contribution in [0.5, 0.6) is 0 Å². The number of amides is 1. The van der Waals surface area contributed by atoms with Gasteiger partial charge < -0.3 is 14.7 Å². The summed E-state index contributed by atoms with van der Waals surface area (Å²) in [5.41, 5.74) is 3.22. The van der Waals surface area contributed by atoms with Crippen LogP contribution in [-0.4, -0.2) is 55.4 Å². The Morgan fingerprint density at radius 3 is 2.39 bits per heavy atom. The number of quaternary nitrogens is 1. The topological polar surface area (TPSA) is 45.1 Å². The highest BCUT2D eigenvalue weighted by Crippen LogP contribution is 2.33. The molecule has 0 unspecified atom stereocenters. The van der Waals surface area contributed by atoms with Gasteiger partial charge in [-0.05, 0) is 69.7 Å². The van der Waals surface area contributed by atoms with Crippen molar-refractivity contribution in [3.05, 3.63) is 41.6 Å². The van der Waals surface area contributed by atoms with Gasteiger partial charge in [-0.1, -0.05) is 6.08 Å². The minimum atomic E-state index is 0.104. The molecule has 1 amide bonds. The number of anilines is 1. The Labute approximate surface area is 168 Å². The lowest BCUT2D eigenvalue weighted by molar-refractivity contribution is -0.892. The predicted molar refractivity (Wildman–Crippen MR) is 111 cm³/mol. The maximum Gasteiger partial charge on any atom is 0.282 e.